The number of nitrogens with zero attached hydrogens (tertiary/aromatic N) is 4. The van der Waals surface area contributed by atoms with Gasteiger partial charge in [0.2, 0.25) is 10.0 Å². The summed E-state index contributed by atoms with van der Waals surface area (Å²) in [5.41, 5.74) is 0.381. The van der Waals surface area contributed by atoms with Crippen LogP contribution in [0.1, 0.15) is 32.5 Å². The van der Waals surface area contributed by atoms with Gasteiger partial charge in [-0.2, -0.15) is 0 Å². The van der Waals surface area contributed by atoms with Crippen molar-refractivity contribution in [1.29, 1.82) is 5.41 Å². The van der Waals surface area contributed by atoms with Crippen molar-refractivity contribution in [2.75, 3.05) is 17.7 Å². The maximum absolute atomic E-state index is 12.5. The number of nitrogens with one attached hydrogen (secondary N) is 3. The summed E-state index contributed by atoms with van der Waals surface area (Å²) in [5.74, 6) is 1.18. The maximum atomic E-state index is 12.5. The topological polar surface area (TPSA) is 128 Å². The number of halogens is 2. The number of alkyl halides is 2. The number of piperidine rings is 1. The highest BCUT2D eigenvalue weighted by Crippen LogP contribution is 2.32. The molecule has 1 saturated heterocycles. The molecule has 174 valence electrons. The van der Waals surface area contributed by atoms with E-state index in [1.165, 1.54) is 12.4 Å². The second-order valence-electron chi connectivity index (χ2n) is 7.99. The van der Waals surface area contributed by atoms with Crippen molar-refractivity contribution in [3.05, 3.63) is 30.5 Å². The van der Waals surface area contributed by atoms with E-state index in [-0.39, 0.29) is 18.0 Å². The van der Waals surface area contributed by atoms with Gasteiger partial charge in [0.25, 0.3) is 6.43 Å². The van der Waals surface area contributed by atoms with Gasteiger partial charge >= 0.3 is 0 Å². The smallest absolute Gasteiger partial charge is 0.279 e. The third-order valence-electron chi connectivity index (χ3n) is 5.60. The fourth-order valence-corrected chi connectivity index (χ4v) is 4.37. The Bertz CT molecular complexity index is 1090. The fourth-order valence-electron chi connectivity index (χ4n) is 3.86. The molecular weight excluding hydrogens is 440 g/mol. The number of anilines is 1. The first-order valence-corrected chi connectivity index (χ1v) is 12.1. The van der Waals surface area contributed by atoms with Crippen LogP contribution < -0.4 is 9.62 Å². The summed E-state index contributed by atoms with van der Waals surface area (Å²) in [5, 5.41) is 7.18. The van der Waals surface area contributed by atoms with E-state index in [0.717, 1.165) is 25.2 Å². The third kappa shape index (κ3) is 5.94. The average Bonchev–Trinajstić information content (AvgIpc) is 3.20. The molecular formula is C20H27F2N7O2S. The molecule has 2 aromatic heterocycles. The number of hydrogen-bond acceptors (Lipinski definition) is 7. The number of hydrogen-bond donors (Lipinski definition) is 3. The van der Waals surface area contributed by atoms with E-state index in [4.69, 9.17) is 5.41 Å². The molecule has 1 fully saturated rings. The molecule has 32 heavy (non-hydrogen) atoms. The minimum atomic E-state index is -3.26. The Morgan fingerprint density at radius 1 is 1.34 bits per heavy atom. The lowest BCUT2D eigenvalue weighted by Crippen LogP contribution is -2.51. The zero-order chi connectivity index (χ0) is 23.5. The van der Waals surface area contributed by atoms with Crippen molar-refractivity contribution in [2.45, 2.75) is 45.2 Å². The molecule has 0 amide bonds. The van der Waals surface area contributed by atoms with Crippen LogP contribution in [0.4, 0.5) is 14.6 Å². The normalized spacial score (nSPS) is 22.1. The molecule has 3 unspecified atom stereocenters. The van der Waals surface area contributed by atoms with Gasteiger partial charge in [0.15, 0.2) is 0 Å². The minimum absolute atomic E-state index is 0.0522. The Kier molecular flexibility index (Phi) is 7.34. The number of imidazole rings is 1. The predicted octanol–water partition coefficient (Wildman–Crippen LogP) is 2.71. The third-order valence-corrected chi connectivity index (χ3v) is 6.29. The molecule has 12 heteroatoms. The summed E-state index contributed by atoms with van der Waals surface area (Å²) in [4.78, 5) is 18.0. The Hall–Kier alpha value is -2.73. The van der Waals surface area contributed by atoms with E-state index in [9.17, 15) is 17.2 Å². The zero-order valence-electron chi connectivity index (χ0n) is 18.1. The van der Waals surface area contributed by atoms with Gasteiger partial charge in [-0.25, -0.2) is 36.9 Å². The molecule has 9 nitrogen and oxygen atoms in total. The second-order valence-corrected chi connectivity index (χ2v) is 9.82. The Labute approximate surface area is 185 Å². The highest BCUT2D eigenvalue weighted by molar-refractivity contribution is 7.88. The van der Waals surface area contributed by atoms with Crippen LogP contribution >= 0.6 is 0 Å². The average molecular weight is 468 g/mol. The molecule has 3 atom stereocenters. The molecule has 2 aromatic rings. The van der Waals surface area contributed by atoms with Crippen molar-refractivity contribution in [3.63, 3.8) is 0 Å². The summed E-state index contributed by atoms with van der Waals surface area (Å²) in [6, 6.07) is 2.08. The van der Waals surface area contributed by atoms with Gasteiger partial charge in [-0.15, -0.1) is 0 Å². The van der Waals surface area contributed by atoms with Crippen molar-refractivity contribution in [3.8, 4) is 11.4 Å². The monoisotopic (exact) mass is 467 g/mol. The SMILES string of the molecule is CC1CCC(CNS(C)(=O)=O)C(C)N1c1cc(-c2cnc(/C=C\C(=N)C(F)F)[nH]2)ncn1. The van der Waals surface area contributed by atoms with Gasteiger partial charge in [0, 0.05) is 24.7 Å². The first kappa shape index (κ1) is 23.9. The summed E-state index contributed by atoms with van der Waals surface area (Å²) >= 11 is 0. The number of allylic oxidation sites excluding steroid dienone is 1. The molecule has 1 aliphatic rings. The Balaban J connectivity index is 1.80. The van der Waals surface area contributed by atoms with Gasteiger partial charge in [0.05, 0.1) is 29.6 Å². The number of aromatic amines is 1. The highest BCUT2D eigenvalue weighted by Gasteiger charge is 2.33. The van der Waals surface area contributed by atoms with Crippen LogP contribution in [0.25, 0.3) is 17.5 Å². The molecule has 0 saturated carbocycles. The Morgan fingerprint density at radius 2 is 2.09 bits per heavy atom. The van der Waals surface area contributed by atoms with Crippen molar-refractivity contribution in [2.24, 2.45) is 5.92 Å². The molecule has 3 heterocycles. The molecule has 0 aliphatic carbocycles. The van der Waals surface area contributed by atoms with Crippen molar-refractivity contribution in [1.82, 2.24) is 24.7 Å². The van der Waals surface area contributed by atoms with E-state index in [1.807, 2.05) is 6.07 Å². The summed E-state index contributed by atoms with van der Waals surface area (Å²) in [6.07, 6.45) is 5.43. The van der Waals surface area contributed by atoms with Crippen LogP contribution in [0.3, 0.4) is 0 Å². The van der Waals surface area contributed by atoms with E-state index >= 15 is 0 Å². The van der Waals surface area contributed by atoms with Crippen LogP contribution in [-0.4, -0.2) is 65.4 Å². The molecule has 0 radical (unpaired) electrons. The number of sulfonamides is 1. The van der Waals surface area contributed by atoms with Crippen molar-refractivity contribution >= 4 is 27.6 Å². The summed E-state index contributed by atoms with van der Waals surface area (Å²) in [7, 11) is -3.26. The summed E-state index contributed by atoms with van der Waals surface area (Å²) < 4.78 is 50.5. The summed E-state index contributed by atoms with van der Waals surface area (Å²) in [6.45, 7) is 4.53. The van der Waals surface area contributed by atoms with Gasteiger partial charge in [-0.05, 0) is 44.8 Å². The van der Waals surface area contributed by atoms with Crippen LogP contribution in [0, 0.1) is 11.3 Å². The first-order valence-electron chi connectivity index (χ1n) is 10.2. The van der Waals surface area contributed by atoms with E-state index < -0.39 is 22.2 Å². The van der Waals surface area contributed by atoms with Crippen LogP contribution in [0.2, 0.25) is 0 Å². The molecule has 0 bridgehead atoms. The lowest BCUT2D eigenvalue weighted by atomic mass is 9.86. The number of aromatic nitrogens is 4. The molecule has 0 spiro atoms. The largest absolute Gasteiger partial charge is 0.351 e. The molecule has 3 rings (SSSR count). The zero-order valence-corrected chi connectivity index (χ0v) is 18.9. The maximum Gasteiger partial charge on any atom is 0.279 e. The van der Waals surface area contributed by atoms with Crippen LogP contribution in [0.15, 0.2) is 24.7 Å². The lowest BCUT2D eigenvalue weighted by molar-refractivity contribution is 0.226. The van der Waals surface area contributed by atoms with E-state index in [1.54, 1.807) is 6.20 Å². The predicted molar refractivity (Wildman–Crippen MR) is 119 cm³/mol. The fraction of sp³-hybridized carbons (Fsp3) is 0.500. The first-order chi connectivity index (χ1) is 15.0. The van der Waals surface area contributed by atoms with Gasteiger partial charge in [-0.1, -0.05) is 0 Å². The molecule has 0 aromatic carbocycles. The molecule has 1 aliphatic heterocycles. The Morgan fingerprint density at radius 3 is 2.78 bits per heavy atom. The quantitative estimate of drug-likeness (QED) is 0.512. The van der Waals surface area contributed by atoms with Gasteiger partial charge < -0.3 is 9.88 Å². The lowest BCUT2D eigenvalue weighted by Gasteiger charge is -2.44. The van der Waals surface area contributed by atoms with Crippen LogP contribution in [-0.2, 0) is 10.0 Å². The highest BCUT2D eigenvalue weighted by atomic mass is 32.2. The van der Waals surface area contributed by atoms with Crippen molar-refractivity contribution < 1.29 is 17.2 Å². The molecule has 3 N–H and O–H groups in total. The van der Waals surface area contributed by atoms with Gasteiger partial charge in [0.1, 0.15) is 18.0 Å². The van der Waals surface area contributed by atoms with E-state index in [0.29, 0.717) is 29.6 Å². The standard InChI is InChI=1S/C20H27F2N7O2S/c1-12-4-5-14(9-27-32(3,30)31)13(2)29(12)19-8-16(25-11-26-19)17-10-24-18(28-17)7-6-15(23)20(21)22/h6-8,10-14,20,23,27H,4-5,9H2,1-3H3,(H,24,28)/b7-6-,23-15?. The minimum Gasteiger partial charge on any atom is -0.351 e. The number of H-pyrrole nitrogens is 1. The van der Waals surface area contributed by atoms with Gasteiger partial charge in [-0.3, -0.25) is 5.41 Å². The van der Waals surface area contributed by atoms with E-state index in [2.05, 4.69) is 43.4 Å². The second kappa shape index (κ2) is 9.82. The number of rotatable bonds is 8. The van der Waals surface area contributed by atoms with Crippen LogP contribution in [0.5, 0.6) is 0 Å².